The van der Waals surface area contributed by atoms with Gasteiger partial charge in [0.2, 0.25) is 0 Å². The van der Waals surface area contributed by atoms with Crippen LogP contribution < -0.4 is 4.72 Å². The van der Waals surface area contributed by atoms with E-state index in [1.807, 2.05) is 66.7 Å². The van der Waals surface area contributed by atoms with E-state index < -0.39 is 14.9 Å². The summed E-state index contributed by atoms with van der Waals surface area (Å²) >= 11 is 0. The predicted molar refractivity (Wildman–Crippen MR) is 160 cm³/mol. The largest absolute Gasteiger partial charge is 0.269 e. The second kappa shape index (κ2) is 10.8. The molecule has 2 heterocycles. The van der Waals surface area contributed by atoms with Crippen LogP contribution in [0.5, 0.6) is 0 Å². The van der Waals surface area contributed by atoms with Crippen molar-refractivity contribution < 1.29 is 13.3 Å². The quantitative estimate of drug-likeness (QED) is 0.165. The van der Waals surface area contributed by atoms with Crippen molar-refractivity contribution in [3.8, 4) is 33.9 Å². The summed E-state index contributed by atoms with van der Waals surface area (Å²) in [5.74, 6) is 0.331. The molecule has 0 aliphatic carbocycles. The Balaban J connectivity index is 1.32. The molecule has 0 atom stereocenters. The Labute approximate surface area is 241 Å². The van der Waals surface area contributed by atoms with E-state index in [1.54, 1.807) is 46.6 Å². The second-order valence-corrected chi connectivity index (χ2v) is 11.2. The van der Waals surface area contributed by atoms with Crippen LogP contribution in [0.25, 0.3) is 33.9 Å². The lowest BCUT2D eigenvalue weighted by molar-refractivity contribution is -0.384. The van der Waals surface area contributed by atoms with E-state index in [1.165, 1.54) is 24.3 Å². The van der Waals surface area contributed by atoms with Crippen molar-refractivity contribution in [3.05, 3.63) is 137 Å². The van der Waals surface area contributed by atoms with Crippen LogP contribution in [0.1, 0.15) is 5.69 Å². The average Bonchev–Trinajstić information content (AvgIpc) is 3.62. The molecule has 0 fully saturated rings. The maximum Gasteiger partial charge on any atom is 0.269 e. The number of sulfonamides is 1. The SMILES string of the molecule is Cc1cc(NS(=O)(=O)c2ccc(-c3cc(-c4ccc([N+](=O)[O-])cc4)n(-c4ccccc4)n3)cc2)n(-c2ccccc2)n1. The highest BCUT2D eigenvalue weighted by Crippen LogP contribution is 2.31. The molecule has 4 aromatic carbocycles. The van der Waals surface area contributed by atoms with Gasteiger partial charge in [0.1, 0.15) is 5.82 Å². The average molecular weight is 577 g/mol. The van der Waals surface area contributed by atoms with Gasteiger partial charge >= 0.3 is 0 Å². The second-order valence-electron chi connectivity index (χ2n) is 9.51. The van der Waals surface area contributed by atoms with Gasteiger partial charge in [-0.15, -0.1) is 0 Å². The number of benzene rings is 4. The molecule has 0 saturated heterocycles. The molecule has 0 unspecified atom stereocenters. The highest BCUT2D eigenvalue weighted by molar-refractivity contribution is 7.92. The lowest BCUT2D eigenvalue weighted by Gasteiger charge is -2.11. The first-order valence-corrected chi connectivity index (χ1v) is 14.4. The lowest BCUT2D eigenvalue weighted by atomic mass is 10.1. The zero-order valence-corrected chi connectivity index (χ0v) is 23.1. The molecule has 6 rings (SSSR count). The molecule has 2 aromatic heterocycles. The molecule has 0 aliphatic heterocycles. The van der Waals surface area contributed by atoms with E-state index in [-0.39, 0.29) is 10.6 Å². The van der Waals surface area contributed by atoms with Crippen molar-refractivity contribution in [1.29, 1.82) is 0 Å². The number of nitrogens with zero attached hydrogens (tertiary/aromatic N) is 5. The van der Waals surface area contributed by atoms with Gasteiger partial charge in [-0.2, -0.15) is 10.2 Å². The first-order valence-electron chi connectivity index (χ1n) is 12.9. The lowest BCUT2D eigenvalue weighted by Crippen LogP contribution is -2.15. The summed E-state index contributed by atoms with van der Waals surface area (Å²) in [5.41, 5.74) is 5.01. The first-order chi connectivity index (χ1) is 20.3. The fourth-order valence-corrected chi connectivity index (χ4v) is 5.62. The standard InChI is InChI=1S/C31H24N6O4S/c1-22-20-31(36(32-22)26-10-6-3-7-11-26)34-42(40,41)28-18-14-23(15-19-28)29-21-30(24-12-16-27(17-13-24)37(38)39)35(33-29)25-8-4-2-5-9-25/h2-21,34H,1H3. The molecule has 1 N–H and O–H groups in total. The number of aryl methyl sites for hydroxylation is 1. The maximum atomic E-state index is 13.3. The van der Waals surface area contributed by atoms with Gasteiger partial charge in [0, 0.05) is 29.3 Å². The Morgan fingerprint density at radius 2 is 1.29 bits per heavy atom. The topological polar surface area (TPSA) is 125 Å². The normalized spacial score (nSPS) is 11.4. The molecule has 0 bridgehead atoms. The highest BCUT2D eigenvalue weighted by atomic mass is 32.2. The number of aromatic nitrogens is 4. The first kappa shape index (κ1) is 26.7. The number of anilines is 1. The number of nitro groups is 1. The third-order valence-electron chi connectivity index (χ3n) is 6.62. The molecule has 0 radical (unpaired) electrons. The third-order valence-corrected chi connectivity index (χ3v) is 7.99. The van der Waals surface area contributed by atoms with Crippen LogP contribution in [-0.2, 0) is 10.0 Å². The predicted octanol–water partition coefficient (Wildman–Crippen LogP) is 6.41. The van der Waals surface area contributed by atoms with Crippen LogP contribution in [-0.4, -0.2) is 32.9 Å². The van der Waals surface area contributed by atoms with Gasteiger partial charge in [-0.1, -0.05) is 48.5 Å². The van der Waals surface area contributed by atoms with Gasteiger partial charge in [0.25, 0.3) is 15.7 Å². The van der Waals surface area contributed by atoms with E-state index in [9.17, 15) is 18.5 Å². The van der Waals surface area contributed by atoms with Crippen LogP contribution >= 0.6 is 0 Å². The molecule has 6 aromatic rings. The number of hydrogen-bond acceptors (Lipinski definition) is 6. The summed E-state index contributed by atoms with van der Waals surface area (Å²) in [4.78, 5) is 10.8. The Hall–Kier alpha value is -5.55. The summed E-state index contributed by atoms with van der Waals surface area (Å²) in [5, 5.41) is 20.4. The van der Waals surface area contributed by atoms with Gasteiger partial charge in [0.15, 0.2) is 0 Å². The van der Waals surface area contributed by atoms with E-state index >= 15 is 0 Å². The highest BCUT2D eigenvalue weighted by Gasteiger charge is 2.20. The minimum atomic E-state index is -3.92. The molecule has 0 saturated carbocycles. The molecular weight excluding hydrogens is 552 g/mol. The number of hydrogen-bond donors (Lipinski definition) is 1. The van der Waals surface area contributed by atoms with Gasteiger partial charge in [-0.05, 0) is 61.5 Å². The zero-order chi connectivity index (χ0) is 29.3. The number of non-ortho nitro benzene ring substituents is 1. The molecular formula is C31H24N6O4S. The molecule has 42 heavy (non-hydrogen) atoms. The van der Waals surface area contributed by atoms with Crippen LogP contribution in [0.3, 0.4) is 0 Å². The Morgan fingerprint density at radius 1 is 0.714 bits per heavy atom. The number of nitrogens with one attached hydrogen (secondary N) is 1. The van der Waals surface area contributed by atoms with Crippen molar-refractivity contribution in [2.24, 2.45) is 0 Å². The number of rotatable bonds is 8. The molecule has 0 aliphatic rings. The van der Waals surface area contributed by atoms with Gasteiger partial charge < -0.3 is 0 Å². The summed E-state index contributed by atoms with van der Waals surface area (Å²) in [6.07, 6.45) is 0. The smallest absolute Gasteiger partial charge is 0.263 e. The van der Waals surface area contributed by atoms with E-state index in [0.717, 1.165) is 22.6 Å². The number of para-hydroxylation sites is 2. The summed E-state index contributed by atoms with van der Waals surface area (Å²) in [6, 6.07) is 35.1. The summed E-state index contributed by atoms with van der Waals surface area (Å²) < 4.78 is 32.6. The van der Waals surface area contributed by atoms with Crippen molar-refractivity contribution in [3.63, 3.8) is 0 Å². The Kier molecular flexibility index (Phi) is 6.85. The van der Waals surface area contributed by atoms with E-state index in [2.05, 4.69) is 9.82 Å². The van der Waals surface area contributed by atoms with E-state index in [0.29, 0.717) is 22.8 Å². The molecule has 0 spiro atoms. The van der Waals surface area contributed by atoms with Gasteiger partial charge in [-0.3, -0.25) is 14.8 Å². The maximum absolute atomic E-state index is 13.3. The molecule has 11 heteroatoms. The third kappa shape index (κ3) is 5.28. The van der Waals surface area contributed by atoms with Gasteiger partial charge in [-0.25, -0.2) is 17.8 Å². The van der Waals surface area contributed by atoms with Crippen molar-refractivity contribution in [2.75, 3.05) is 4.72 Å². The zero-order valence-electron chi connectivity index (χ0n) is 22.3. The molecule has 10 nitrogen and oxygen atoms in total. The van der Waals surface area contributed by atoms with Crippen LogP contribution in [0.4, 0.5) is 11.5 Å². The minimum Gasteiger partial charge on any atom is -0.263 e. The fraction of sp³-hybridized carbons (Fsp3) is 0.0323. The Morgan fingerprint density at radius 3 is 1.88 bits per heavy atom. The van der Waals surface area contributed by atoms with Gasteiger partial charge in [0.05, 0.1) is 38.3 Å². The summed E-state index contributed by atoms with van der Waals surface area (Å²) in [7, 11) is -3.92. The monoisotopic (exact) mass is 576 g/mol. The van der Waals surface area contributed by atoms with Crippen molar-refractivity contribution >= 4 is 21.5 Å². The van der Waals surface area contributed by atoms with Crippen LogP contribution in [0.15, 0.2) is 126 Å². The fourth-order valence-electron chi connectivity index (χ4n) is 4.59. The molecule has 208 valence electrons. The minimum absolute atomic E-state index is 0.00265. The molecule has 0 amide bonds. The van der Waals surface area contributed by atoms with Crippen LogP contribution in [0, 0.1) is 17.0 Å². The number of nitro benzene ring substituents is 1. The van der Waals surface area contributed by atoms with Crippen molar-refractivity contribution in [2.45, 2.75) is 11.8 Å². The van der Waals surface area contributed by atoms with Crippen molar-refractivity contribution in [1.82, 2.24) is 19.6 Å². The summed E-state index contributed by atoms with van der Waals surface area (Å²) in [6.45, 7) is 1.80. The Bertz CT molecular complexity index is 1980. The van der Waals surface area contributed by atoms with Crippen LogP contribution in [0.2, 0.25) is 0 Å². The van der Waals surface area contributed by atoms with E-state index in [4.69, 9.17) is 5.10 Å².